The summed E-state index contributed by atoms with van der Waals surface area (Å²) < 4.78 is 0. The molecule has 0 amide bonds. The van der Waals surface area contributed by atoms with Crippen LogP contribution in [0.3, 0.4) is 0 Å². The fourth-order valence-electron chi connectivity index (χ4n) is 2.70. The smallest absolute Gasteiger partial charge is 0.0569 e. The third-order valence-electron chi connectivity index (χ3n) is 3.68. The van der Waals surface area contributed by atoms with Gasteiger partial charge < -0.3 is 10.6 Å². The van der Waals surface area contributed by atoms with Crippen LogP contribution >= 0.6 is 0 Å². The highest BCUT2D eigenvalue weighted by molar-refractivity contribution is 5.46. The number of hydrogen-bond acceptors (Lipinski definition) is 3. The SMILES string of the molecule is CCN(c1ccc([C@H](C)N)nc1)C1CCCC1. The van der Waals surface area contributed by atoms with Gasteiger partial charge in [0, 0.05) is 18.6 Å². The van der Waals surface area contributed by atoms with E-state index in [1.165, 1.54) is 31.4 Å². The highest BCUT2D eigenvalue weighted by atomic mass is 15.2. The van der Waals surface area contributed by atoms with Crippen LogP contribution in [0.25, 0.3) is 0 Å². The van der Waals surface area contributed by atoms with Gasteiger partial charge in [-0.05, 0) is 38.8 Å². The van der Waals surface area contributed by atoms with E-state index in [9.17, 15) is 0 Å². The van der Waals surface area contributed by atoms with Crippen molar-refractivity contribution in [3.05, 3.63) is 24.0 Å². The Hall–Kier alpha value is -1.09. The van der Waals surface area contributed by atoms with Gasteiger partial charge in [0.2, 0.25) is 0 Å². The molecule has 0 aromatic carbocycles. The molecule has 0 bridgehead atoms. The molecule has 0 radical (unpaired) electrons. The van der Waals surface area contributed by atoms with E-state index in [0.717, 1.165) is 12.2 Å². The standard InChI is InChI=1S/C14H23N3/c1-3-17(12-6-4-5-7-12)13-8-9-14(11(2)15)16-10-13/h8-12H,3-7,15H2,1-2H3/t11-/m0/s1. The zero-order valence-corrected chi connectivity index (χ0v) is 10.9. The molecular weight excluding hydrogens is 210 g/mol. The molecule has 0 aliphatic heterocycles. The molecule has 2 N–H and O–H groups in total. The van der Waals surface area contributed by atoms with E-state index in [1.807, 2.05) is 13.1 Å². The van der Waals surface area contributed by atoms with Crippen molar-refractivity contribution in [3.63, 3.8) is 0 Å². The summed E-state index contributed by atoms with van der Waals surface area (Å²) >= 11 is 0. The number of rotatable bonds is 4. The molecule has 17 heavy (non-hydrogen) atoms. The van der Waals surface area contributed by atoms with E-state index >= 15 is 0 Å². The van der Waals surface area contributed by atoms with Gasteiger partial charge in [0.05, 0.1) is 17.6 Å². The number of nitrogens with zero attached hydrogens (tertiary/aromatic N) is 2. The predicted molar refractivity (Wildman–Crippen MR) is 72.1 cm³/mol. The first kappa shape index (κ1) is 12.4. The molecule has 1 atom stereocenters. The van der Waals surface area contributed by atoms with Gasteiger partial charge in [0.25, 0.3) is 0 Å². The molecule has 1 aromatic heterocycles. The Morgan fingerprint density at radius 2 is 2.12 bits per heavy atom. The Bertz CT molecular complexity index is 339. The lowest BCUT2D eigenvalue weighted by molar-refractivity contribution is 0.618. The van der Waals surface area contributed by atoms with Crippen molar-refractivity contribution in [2.45, 2.75) is 51.6 Å². The van der Waals surface area contributed by atoms with Crippen molar-refractivity contribution in [2.24, 2.45) is 5.73 Å². The summed E-state index contributed by atoms with van der Waals surface area (Å²) in [6.45, 7) is 5.25. The summed E-state index contributed by atoms with van der Waals surface area (Å²) in [4.78, 5) is 6.93. The number of nitrogens with two attached hydrogens (primary N) is 1. The molecule has 2 rings (SSSR count). The molecular formula is C14H23N3. The molecule has 1 fully saturated rings. The van der Waals surface area contributed by atoms with Crippen LogP contribution in [0.5, 0.6) is 0 Å². The largest absolute Gasteiger partial charge is 0.368 e. The maximum absolute atomic E-state index is 5.82. The van der Waals surface area contributed by atoms with Gasteiger partial charge in [-0.2, -0.15) is 0 Å². The van der Waals surface area contributed by atoms with Crippen LogP contribution in [0.2, 0.25) is 0 Å². The number of pyridine rings is 1. The van der Waals surface area contributed by atoms with Crippen molar-refractivity contribution < 1.29 is 0 Å². The first-order chi connectivity index (χ1) is 8.22. The number of aromatic nitrogens is 1. The van der Waals surface area contributed by atoms with Gasteiger partial charge >= 0.3 is 0 Å². The Labute approximate surface area is 104 Å². The lowest BCUT2D eigenvalue weighted by Gasteiger charge is -2.29. The zero-order chi connectivity index (χ0) is 12.3. The van der Waals surface area contributed by atoms with Gasteiger partial charge in [-0.25, -0.2) is 0 Å². The van der Waals surface area contributed by atoms with Crippen molar-refractivity contribution in [1.82, 2.24) is 4.98 Å². The average molecular weight is 233 g/mol. The molecule has 3 heteroatoms. The highest BCUT2D eigenvalue weighted by Gasteiger charge is 2.21. The zero-order valence-electron chi connectivity index (χ0n) is 10.9. The molecule has 1 aliphatic rings. The van der Waals surface area contributed by atoms with Crippen LogP contribution in [0.4, 0.5) is 5.69 Å². The van der Waals surface area contributed by atoms with Gasteiger partial charge in [0.15, 0.2) is 0 Å². The van der Waals surface area contributed by atoms with E-state index in [4.69, 9.17) is 5.73 Å². The van der Waals surface area contributed by atoms with Crippen LogP contribution in [-0.4, -0.2) is 17.6 Å². The maximum atomic E-state index is 5.82. The maximum Gasteiger partial charge on any atom is 0.0569 e. The lowest BCUT2D eigenvalue weighted by Crippen LogP contribution is -2.33. The monoisotopic (exact) mass is 233 g/mol. The first-order valence-corrected chi connectivity index (χ1v) is 6.70. The van der Waals surface area contributed by atoms with Crippen molar-refractivity contribution in [3.8, 4) is 0 Å². The van der Waals surface area contributed by atoms with Gasteiger partial charge in [-0.1, -0.05) is 12.8 Å². The fourth-order valence-corrected chi connectivity index (χ4v) is 2.70. The summed E-state index contributed by atoms with van der Waals surface area (Å²) in [6, 6.07) is 4.94. The Morgan fingerprint density at radius 3 is 2.59 bits per heavy atom. The summed E-state index contributed by atoms with van der Waals surface area (Å²) in [6.07, 6.45) is 7.35. The van der Waals surface area contributed by atoms with Crippen LogP contribution < -0.4 is 10.6 Å². The van der Waals surface area contributed by atoms with Gasteiger partial charge in [0.1, 0.15) is 0 Å². The van der Waals surface area contributed by atoms with Crippen molar-refractivity contribution in [2.75, 3.05) is 11.4 Å². The average Bonchev–Trinajstić information content (AvgIpc) is 2.84. The third-order valence-corrected chi connectivity index (χ3v) is 3.68. The Balaban J connectivity index is 2.13. The van der Waals surface area contributed by atoms with Crippen LogP contribution in [0, 0.1) is 0 Å². The molecule has 0 unspecified atom stereocenters. The van der Waals surface area contributed by atoms with Crippen LogP contribution in [-0.2, 0) is 0 Å². The molecule has 0 saturated heterocycles. The predicted octanol–water partition coefficient (Wildman–Crippen LogP) is 2.87. The second kappa shape index (κ2) is 5.50. The summed E-state index contributed by atoms with van der Waals surface area (Å²) in [7, 11) is 0. The Kier molecular flexibility index (Phi) is 4.00. The quantitative estimate of drug-likeness (QED) is 0.869. The van der Waals surface area contributed by atoms with E-state index in [2.05, 4.69) is 28.9 Å². The topological polar surface area (TPSA) is 42.1 Å². The van der Waals surface area contributed by atoms with E-state index in [0.29, 0.717) is 6.04 Å². The minimum atomic E-state index is 0.0191. The summed E-state index contributed by atoms with van der Waals surface area (Å²) in [5.41, 5.74) is 8.03. The number of hydrogen-bond donors (Lipinski definition) is 1. The second-order valence-electron chi connectivity index (χ2n) is 4.95. The first-order valence-electron chi connectivity index (χ1n) is 6.70. The molecule has 94 valence electrons. The van der Waals surface area contributed by atoms with Crippen molar-refractivity contribution in [1.29, 1.82) is 0 Å². The second-order valence-corrected chi connectivity index (χ2v) is 4.95. The van der Waals surface area contributed by atoms with Gasteiger partial charge in [-0.3, -0.25) is 4.98 Å². The van der Waals surface area contributed by atoms with Crippen LogP contribution in [0.1, 0.15) is 51.3 Å². The highest BCUT2D eigenvalue weighted by Crippen LogP contribution is 2.27. The normalized spacial score (nSPS) is 18.3. The lowest BCUT2D eigenvalue weighted by atomic mass is 10.1. The van der Waals surface area contributed by atoms with Gasteiger partial charge in [-0.15, -0.1) is 0 Å². The summed E-state index contributed by atoms with van der Waals surface area (Å²) in [5.74, 6) is 0. The molecule has 1 heterocycles. The van der Waals surface area contributed by atoms with E-state index < -0.39 is 0 Å². The molecule has 1 saturated carbocycles. The third kappa shape index (κ3) is 2.78. The van der Waals surface area contributed by atoms with Crippen LogP contribution in [0.15, 0.2) is 18.3 Å². The Morgan fingerprint density at radius 1 is 1.41 bits per heavy atom. The number of anilines is 1. The minimum Gasteiger partial charge on any atom is -0.368 e. The molecule has 1 aliphatic carbocycles. The van der Waals surface area contributed by atoms with E-state index in [1.54, 1.807) is 0 Å². The molecule has 1 aromatic rings. The van der Waals surface area contributed by atoms with Crippen molar-refractivity contribution >= 4 is 5.69 Å². The fraction of sp³-hybridized carbons (Fsp3) is 0.643. The summed E-state index contributed by atoms with van der Waals surface area (Å²) in [5, 5.41) is 0. The van der Waals surface area contributed by atoms with E-state index in [-0.39, 0.29) is 6.04 Å². The molecule has 3 nitrogen and oxygen atoms in total. The minimum absolute atomic E-state index is 0.0191. The molecule has 0 spiro atoms.